The Morgan fingerprint density at radius 1 is 1.07 bits per heavy atom. The number of hydrogen-bond donors (Lipinski definition) is 0. The second-order valence-corrected chi connectivity index (χ2v) is 7.29. The van der Waals surface area contributed by atoms with Gasteiger partial charge in [-0.05, 0) is 43.2 Å². The van der Waals surface area contributed by atoms with Gasteiger partial charge in [-0.25, -0.2) is 4.39 Å². The van der Waals surface area contributed by atoms with Gasteiger partial charge in [0, 0.05) is 18.1 Å². The van der Waals surface area contributed by atoms with Crippen LogP contribution >= 0.6 is 11.8 Å². The van der Waals surface area contributed by atoms with Gasteiger partial charge in [0.1, 0.15) is 5.82 Å². The molecule has 0 unspecified atom stereocenters. The van der Waals surface area contributed by atoms with Crippen LogP contribution in [0.15, 0.2) is 64.8 Å². The maximum Gasteiger partial charge on any atom is 0.300 e. The standard InChI is InChI=1S/C20H17FN4OS/c1-13-6-7-14(2)15(10-13)12-27-20-23-22-18-19(26)24(8-9-25(18)20)17-5-3-4-16(21)11-17/h3-11H,12H2,1-2H3. The molecule has 2 aromatic heterocycles. The first-order chi connectivity index (χ1) is 13.0. The lowest BCUT2D eigenvalue weighted by molar-refractivity contribution is 0.626. The minimum absolute atomic E-state index is 0.213. The van der Waals surface area contributed by atoms with E-state index in [9.17, 15) is 9.18 Å². The van der Waals surface area contributed by atoms with Crippen molar-refractivity contribution in [3.63, 3.8) is 0 Å². The van der Waals surface area contributed by atoms with Crippen molar-refractivity contribution in [1.82, 2.24) is 19.2 Å². The minimum Gasteiger partial charge on any atom is -0.279 e. The maximum absolute atomic E-state index is 13.5. The number of fused-ring (bicyclic) bond motifs is 1. The van der Waals surface area contributed by atoms with Crippen LogP contribution in [0.1, 0.15) is 16.7 Å². The Bertz CT molecular complexity index is 1200. The maximum atomic E-state index is 13.5. The first-order valence-corrected chi connectivity index (χ1v) is 9.43. The van der Waals surface area contributed by atoms with Crippen molar-refractivity contribution in [2.24, 2.45) is 0 Å². The van der Waals surface area contributed by atoms with Gasteiger partial charge in [-0.15, -0.1) is 10.2 Å². The first-order valence-electron chi connectivity index (χ1n) is 8.44. The molecule has 136 valence electrons. The molecule has 0 radical (unpaired) electrons. The highest BCUT2D eigenvalue weighted by atomic mass is 32.2. The number of rotatable bonds is 4. The van der Waals surface area contributed by atoms with Crippen molar-refractivity contribution in [2.75, 3.05) is 0 Å². The summed E-state index contributed by atoms with van der Waals surface area (Å²) in [5.41, 5.74) is 3.98. The molecule has 7 heteroatoms. The molecular weight excluding hydrogens is 363 g/mol. The minimum atomic E-state index is -0.398. The molecular formula is C20H17FN4OS. The van der Waals surface area contributed by atoms with Gasteiger partial charge >= 0.3 is 5.56 Å². The molecule has 0 aliphatic carbocycles. The van der Waals surface area contributed by atoms with Crippen molar-refractivity contribution < 1.29 is 4.39 Å². The number of aryl methyl sites for hydroxylation is 2. The summed E-state index contributed by atoms with van der Waals surface area (Å²) in [6.07, 6.45) is 3.34. The van der Waals surface area contributed by atoms with Crippen LogP contribution < -0.4 is 5.56 Å². The van der Waals surface area contributed by atoms with Gasteiger partial charge in [-0.3, -0.25) is 13.8 Å². The predicted octanol–water partition coefficient (Wildman–Crippen LogP) is 3.93. The number of thioether (sulfide) groups is 1. The van der Waals surface area contributed by atoms with Crippen LogP contribution in [0.25, 0.3) is 11.3 Å². The molecule has 2 heterocycles. The Kier molecular flexibility index (Phi) is 4.53. The molecule has 0 amide bonds. The van der Waals surface area contributed by atoms with Crippen LogP contribution in [0.5, 0.6) is 0 Å². The molecule has 2 aromatic carbocycles. The summed E-state index contributed by atoms with van der Waals surface area (Å²) in [6, 6.07) is 12.2. The van der Waals surface area contributed by atoms with E-state index in [2.05, 4.69) is 42.2 Å². The fraction of sp³-hybridized carbons (Fsp3) is 0.150. The van der Waals surface area contributed by atoms with E-state index in [1.165, 1.54) is 45.2 Å². The second-order valence-electron chi connectivity index (χ2n) is 6.35. The van der Waals surface area contributed by atoms with Crippen LogP contribution in [0.2, 0.25) is 0 Å². The lowest BCUT2D eigenvalue weighted by atomic mass is 10.1. The zero-order chi connectivity index (χ0) is 19.0. The summed E-state index contributed by atoms with van der Waals surface area (Å²) >= 11 is 1.53. The summed E-state index contributed by atoms with van der Waals surface area (Å²) in [5, 5.41) is 8.86. The molecule has 0 saturated carbocycles. The molecule has 4 aromatic rings. The van der Waals surface area contributed by atoms with E-state index in [4.69, 9.17) is 0 Å². The molecule has 0 atom stereocenters. The van der Waals surface area contributed by atoms with Gasteiger partial charge < -0.3 is 0 Å². The highest BCUT2D eigenvalue weighted by molar-refractivity contribution is 7.98. The Balaban J connectivity index is 1.67. The predicted molar refractivity (Wildman–Crippen MR) is 104 cm³/mol. The zero-order valence-electron chi connectivity index (χ0n) is 14.9. The summed E-state index contributed by atoms with van der Waals surface area (Å²) in [7, 11) is 0. The van der Waals surface area contributed by atoms with E-state index in [0.29, 0.717) is 10.8 Å². The molecule has 0 saturated heterocycles. The number of hydrogen-bond acceptors (Lipinski definition) is 4. The Hall–Kier alpha value is -2.93. The quantitative estimate of drug-likeness (QED) is 0.504. The van der Waals surface area contributed by atoms with E-state index in [0.717, 1.165) is 5.75 Å². The smallest absolute Gasteiger partial charge is 0.279 e. The fourth-order valence-electron chi connectivity index (χ4n) is 2.89. The van der Waals surface area contributed by atoms with Gasteiger partial charge in [0.25, 0.3) is 0 Å². The normalized spacial score (nSPS) is 11.2. The van der Waals surface area contributed by atoms with Crippen LogP contribution in [-0.2, 0) is 5.75 Å². The highest BCUT2D eigenvalue weighted by Crippen LogP contribution is 2.23. The lowest BCUT2D eigenvalue weighted by Gasteiger charge is -2.07. The van der Waals surface area contributed by atoms with Crippen molar-refractivity contribution in [3.8, 4) is 5.69 Å². The number of benzene rings is 2. The third kappa shape index (κ3) is 3.38. The van der Waals surface area contributed by atoms with Gasteiger partial charge in [-0.2, -0.15) is 0 Å². The van der Waals surface area contributed by atoms with Crippen molar-refractivity contribution in [2.45, 2.75) is 24.8 Å². The van der Waals surface area contributed by atoms with Crippen molar-refractivity contribution in [1.29, 1.82) is 0 Å². The van der Waals surface area contributed by atoms with Crippen LogP contribution in [0.4, 0.5) is 4.39 Å². The molecule has 0 aliphatic rings. The van der Waals surface area contributed by atoms with E-state index in [-0.39, 0.29) is 11.2 Å². The summed E-state index contributed by atoms with van der Waals surface area (Å²) in [4.78, 5) is 12.7. The first kappa shape index (κ1) is 17.5. The fourth-order valence-corrected chi connectivity index (χ4v) is 3.87. The highest BCUT2D eigenvalue weighted by Gasteiger charge is 2.13. The molecule has 27 heavy (non-hydrogen) atoms. The summed E-state index contributed by atoms with van der Waals surface area (Å²) < 4.78 is 16.5. The molecule has 4 rings (SSSR count). The van der Waals surface area contributed by atoms with Gasteiger partial charge in [-0.1, -0.05) is 41.6 Å². The SMILES string of the molecule is Cc1ccc(C)c(CSc2nnc3c(=O)n(-c4cccc(F)c4)ccn23)c1. The average molecular weight is 380 g/mol. The van der Waals surface area contributed by atoms with E-state index >= 15 is 0 Å². The number of halogens is 1. The molecule has 0 fully saturated rings. The summed E-state index contributed by atoms with van der Waals surface area (Å²) in [5.74, 6) is 0.340. The third-order valence-corrected chi connectivity index (χ3v) is 5.38. The molecule has 5 nitrogen and oxygen atoms in total. The second kappa shape index (κ2) is 7.00. The largest absolute Gasteiger partial charge is 0.300 e. The Morgan fingerprint density at radius 3 is 2.74 bits per heavy atom. The summed E-state index contributed by atoms with van der Waals surface area (Å²) in [6.45, 7) is 4.14. The van der Waals surface area contributed by atoms with E-state index in [1.807, 2.05) is 0 Å². The average Bonchev–Trinajstić information content (AvgIpc) is 3.07. The Morgan fingerprint density at radius 2 is 1.93 bits per heavy atom. The molecule has 0 aliphatic heterocycles. The lowest BCUT2D eigenvalue weighted by Crippen LogP contribution is -2.20. The van der Waals surface area contributed by atoms with E-state index in [1.54, 1.807) is 28.9 Å². The van der Waals surface area contributed by atoms with Crippen molar-refractivity contribution in [3.05, 3.63) is 87.7 Å². The monoisotopic (exact) mass is 380 g/mol. The Labute approximate surface area is 159 Å². The topological polar surface area (TPSA) is 52.2 Å². The van der Waals surface area contributed by atoms with E-state index < -0.39 is 5.82 Å². The van der Waals surface area contributed by atoms with Crippen LogP contribution in [0, 0.1) is 19.7 Å². The third-order valence-electron chi connectivity index (χ3n) is 4.39. The number of aromatic nitrogens is 4. The van der Waals surface area contributed by atoms with Gasteiger partial charge in [0.15, 0.2) is 5.16 Å². The molecule has 0 N–H and O–H groups in total. The molecule has 0 spiro atoms. The van der Waals surface area contributed by atoms with Gasteiger partial charge in [0.05, 0.1) is 5.69 Å². The van der Waals surface area contributed by atoms with Crippen LogP contribution in [0.3, 0.4) is 0 Å². The van der Waals surface area contributed by atoms with Crippen LogP contribution in [-0.4, -0.2) is 19.2 Å². The molecule has 0 bridgehead atoms. The van der Waals surface area contributed by atoms with Crippen molar-refractivity contribution >= 4 is 17.4 Å². The zero-order valence-corrected chi connectivity index (χ0v) is 15.7. The number of nitrogens with zero attached hydrogens (tertiary/aromatic N) is 4. The van der Waals surface area contributed by atoms with Gasteiger partial charge in [0.2, 0.25) is 5.65 Å².